The Bertz CT molecular complexity index is 578. The molecule has 1 unspecified atom stereocenters. The maximum Gasteiger partial charge on any atom is 0.130 e. The van der Waals surface area contributed by atoms with E-state index in [4.69, 9.17) is 11.6 Å². The molecule has 0 aliphatic carbocycles. The molecule has 1 atom stereocenters. The molecule has 0 spiro atoms. The van der Waals surface area contributed by atoms with Crippen LogP contribution < -0.4 is 0 Å². The highest BCUT2D eigenvalue weighted by atomic mass is 79.9. The molecule has 0 amide bonds. The molecule has 2 aromatic rings. The second-order valence-electron chi connectivity index (χ2n) is 4.89. The Kier molecular flexibility index (Phi) is 4.69. The number of benzene rings is 1. The van der Waals surface area contributed by atoms with Gasteiger partial charge in [0.25, 0.3) is 0 Å². The van der Waals surface area contributed by atoms with E-state index in [1.54, 1.807) is 4.68 Å². The van der Waals surface area contributed by atoms with Crippen molar-refractivity contribution in [2.75, 3.05) is 5.33 Å². The molecule has 2 nitrogen and oxygen atoms in total. The first kappa shape index (κ1) is 14.6. The molecule has 1 aromatic heterocycles. The van der Waals surface area contributed by atoms with Gasteiger partial charge < -0.3 is 0 Å². The Morgan fingerprint density at radius 3 is 2.53 bits per heavy atom. The molecule has 2 rings (SSSR count). The number of aromatic nitrogens is 2. The molecule has 0 fully saturated rings. The summed E-state index contributed by atoms with van der Waals surface area (Å²) >= 11 is 9.96. The molecule has 0 aliphatic heterocycles. The first-order valence-corrected chi connectivity index (χ1v) is 7.84. The fraction of sp³-hybridized carbons (Fsp3) is 0.400. The standard InChI is InChI=1S/C15H18BrClN2/c1-10-6-4-5-7-13(10)12(9-16)8-14-11(2)18-19(3)15(14)17/h4-7,12H,8-9H2,1-3H3. The minimum absolute atomic E-state index is 0.418. The SMILES string of the molecule is Cc1ccccc1C(CBr)Cc1c(C)nn(C)c1Cl. The highest BCUT2D eigenvalue weighted by Crippen LogP contribution is 2.30. The maximum absolute atomic E-state index is 6.33. The minimum atomic E-state index is 0.418. The topological polar surface area (TPSA) is 17.8 Å². The molecule has 0 saturated carbocycles. The van der Waals surface area contributed by atoms with Crippen molar-refractivity contribution in [3.8, 4) is 0 Å². The first-order valence-electron chi connectivity index (χ1n) is 6.34. The van der Waals surface area contributed by atoms with E-state index in [0.717, 1.165) is 28.2 Å². The summed E-state index contributed by atoms with van der Waals surface area (Å²) in [7, 11) is 1.88. The lowest BCUT2D eigenvalue weighted by molar-refractivity contribution is 0.754. The van der Waals surface area contributed by atoms with Crippen molar-refractivity contribution in [2.45, 2.75) is 26.2 Å². The summed E-state index contributed by atoms with van der Waals surface area (Å²) in [6, 6.07) is 8.52. The number of hydrogen-bond acceptors (Lipinski definition) is 1. The van der Waals surface area contributed by atoms with E-state index in [1.807, 2.05) is 14.0 Å². The lowest BCUT2D eigenvalue weighted by Crippen LogP contribution is -2.07. The smallest absolute Gasteiger partial charge is 0.130 e. The quantitative estimate of drug-likeness (QED) is 0.753. The number of rotatable bonds is 4. The van der Waals surface area contributed by atoms with E-state index in [2.05, 4.69) is 52.2 Å². The summed E-state index contributed by atoms with van der Waals surface area (Å²) in [4.78, 5) is 0. The fourth-order valence-electron chi connectivity index (χ4n) is 2.44. The van der Waals surface area contributed by atoms with Gasteiger partial charge in [-0.3, -0.25) is 4.68 Å². The average Bonchev–Trinajstić information content (AvgIpc) is 2.63. The van der Waals surface area contributed by atoms with E-state index in [-0.39, 0.29) is 0 Å². The van der Waals surface area contributed by atoms with Crippen molar-refractivity contribution in [3.05, 3.63) is 51.8 Å². The number of alkyl halides is 1. The van der Waals surface area contributed by atoms with Gasteiger partial charge in [0.05, 0.1) is 5.69 Å². The van der Waals surface area contributed by atoms with Crippen LogP contribution in [0.25, 0.3) is 0 Å². The summed E-state index contributed by atoms with van der Waals surface area (Å²) in [5, 5.41) is 6.05. The van der Waals surface area contributed by atoms with Crippen molar-refractivity contribution in [1.29, 1.82) is 0 Å². The van der Waals surface area contributed by atoms with E-state index in [9.17, 15) is 0 Å². The largest absolute Gasteiger partial charge is 0.257 e. The summed E-state index contributed by atoms with van der Waals surface area (Å²) in [6.45, 7) is 4.17. The van der Waals surface area contributed by atoms with Crippen LogP contribution in [0.4, 0.5) is 0 Å². The molecule has 4 heteroatoms. The molecule has 19 heavy (non-hydrogen) atoms. The Morgan fingerprint density at radius 1 is 1.32 bits per heavy atom. The van der Waals surface area contributed by atoms with E-state index >= 15 is 0 Å². The van der Waals surface area contributed by atoms with Gasteiger partial charge in [0.2, 0.25) is 0 Å². The van der Waals surface area contributed by atoms with Crippen LogP contribution in [0.3, 0.4) is 0 Å². The monoisotopic (exact) mass is 340 g/mol. The van der Waals surface area contributed by atoms with Gasteiger partial charge in [-0.2, -0.15) is 5.10 Å². The number of aryl methyl sites for hydroxylation is 3. The Morgan fingerprint density at radius 2 is 2.00 bits per heavy atom. The van der Waals surface area contributed by atoms with Crippen LogP contribution in [-0.4, -0.2) is 15.1 Å². The third kappa shape index (κ3) is 3.03. The molecule has 0 aliphatic rings. The molecule has 1 heterocycles. The number of nitrogens with zero attached hydrogens (tertiary/aromatic N) is 2. The van der Waals surface area contributed by atoms with Gasteiger partial charge in [0.15, 0.2) is 0 Å². The summed E-state index contributed by atoms with van der Waals surface area (Å²) in [5.74, 6) is 0.418. The summed E-state index contributed by atoms with van der Waals surface area (Å²) in [6.07, 6.45) is 0.911. The maximum atomic E-state index is 6.33. The number of halogens is 2. The van der Waals surface area contributed by atoms with Crippen LogP contribution >= 0.6 is 27.5 Å². The van der Waals surface area contributed by atoms with Crippen LogP contribution in [0.15, 0.2) is 24.3 Å². The van der Waals surface area contributed by atoms with Gasteiger partial charge >= 0.3 is 0 Å². The van der Waals surface area contributed by atoms with E-state index in [0.29, 0.717) is 5.92 Å². The Balaban J connectivity index is 2.32. The second-order valence-corrected chi connectivity index (χ2v) is 5.90. The zero-order valence-electron chi connectivity index (χ0n) is 11.5. The first-order chi connectivity index (χ1) is 9.04. The van der Waals surface area contributed by atoms with E-state index < -0.39 is 0 Å². The molecule has 1 aromatic carbocycles. The third-order valence-electron chi connectivity index (χ3n) is 3.53. The van der Waals surface area contributed by atoms with Crippen LogP contribution in [-0.2, 0) is 13.5 Å². The van der Waals surface area contributed by atoms with Crippen LogP contribution in [0.5, 0.6) is 0 Å². The molecule has 0 N–H and O–H groups in total. The minimum Gasteiger partial charge on any atom is -0.257 e. The predicted octanol–water partition coefficient (Wildman–Crippen LogP) is 4.41. The van der Waals surface area contributed by atoms with Crippen molar-refractivity contribution in [3.63, 3.8) is 0 Å². The van der Waals surface area contributed by atoms with Gasteiger partial charge in [-0.05, 0) is 37.3 Å². The zero-order chi connectivity index (χ0) is 14.0. The Hall–Kier alpha value is -0.800. The second kappa shape index (κ2) is 6.10. The highest BCUT2D eigenvalue weighted by Gasteiger charge is 2.19. The molecule has 0 radical (unpaired) electrons. The zero-order valence-corrected chi connectivity index (χ0v) is 13.8. The van der Waals surface area contributed by atoms with Crippen LogP contribution in [0.1, 0.15) is 28.3 Å². The lowest BCUT2D eigenvalue weighted by Gasteiger charge is -2.17. The van der Waals surface area contributed by atoms with Gasteiger partial charge in [-0.1, -0.05) is 51.8 Å². The Labute approximate surface area is 127 Å². The van der Waals surface area contributed by atoms with Crippen LogP contribution in [0, 0.1) is 13.8 Å². The molecule has 0 bridgehead atoms. The summed E-state index contributed by atoms with van der Waals surface area (Å²) in [5.41, 5.74) is 4.87. The van der Waals surface area contributed by atoms with Crippen molar-refractivity contribution in [1.82, 2.24) is 9.78 Å². The summed E-state index contributed by atoms with van der Waals surface area (Å²) < 4.78 is 1.75. The molecule has 102 valence electrons. The van der Waals surface area contributed by atoms with Crippen molar-refractivity contribution < 1.29 is 0 Å². The van der Waals surface area contributed by atoms with Gasteiger partial charge in [0.1, 0.15) is 5.15 Å². The van der Waals surface area contributed by atoms with Gasteiger partial charge in [0, 0.05) is 17.9 Å². The van der Waals surface area contributed by atoms with E-state index in [1.165, 1.54) is 11.1 Å². The van der Waals surface area contributed by atoms with Gasteiger partial charge in [-0.15, -0.1) is 0 Å². The molecular weight excluding hydrogens is 324 g/mol. The molecule has 0 saturated heterocycles. The number of hydrogen-bond donors (Lipinski definition) is 0. The van der Waals surface area contributed by atoms with Crippen molar-refractivity contribution >= 4 is 27.5 Å². The third-order valence-corrected chi connectivity index (χ3v) is 4.79. The average molecular weight is 342 g/mol. The van der Waals surface area contributed by atoms with Crippen molar-refractivity contribution in [2.24, 2.45) is 7.05 Å². The fourth-order valence-corrected chi connectivity index (χ4v) is 3.27. The van der Waals surface area contributed by atoms with Crippen LogP contribution in [0.2, 0.25) is 5.15 Å². The molecular formula is C15H18BrClN2. The highest BCUT2D eigenvalue weighted by molar-refractivity contribution is 9.09. The normalized spacial score (nSPS) is 12.7. The predicted molar refractivity (Wildman–Crippen MR) is 84.4 cm³/mol. The van der Waals surface area contributed by atoms with Gasteiger partial charge in [-0.25, -0.2) is 0 Å². The lowest BCUT2D eigenvalue weighted by atomic mass is 9.91.